The van der Waals surface area contributed by atoms with Crippen LogP contribution in [-0.4, -0.2) is 9.13 Å². The number of fused-ring (bicyclic) bond motifs is 9. The summed E-state index contributed by atoms with van der Waals surface area (Å²) in [6.07, 6.45) is 0. The largest absolute Gasteiger partial charge is 0.309 e. The van der Waals surface area contributed by atoms with Gasteiger partial charge in [-0.1, -0.05) is 103 Å². The van der Waals surface area contributed by atoms with Crippen LogP contribution in [0.1, 0.15) is 0 Å². The van der Waals surface area contributed by atoms with Crippen LogP contribution in [0.3, 0.4) is 0 Å². The van der Waals surface area contributed by atoms with E-state index in [0.29, 0.717) is 0 Å². The predicted octanol–water partition coefficient (Wildman–Crippen LogP) is 10.2. The molecule has 0 unspecified atom stereocenters. The average Bonchev–Trinajstić information content (AvgIpc) is 3.53. The molecule has 0 bridgehead atoms. The number of rotatable bonds is 2. The first-order chi connectivity index (χ1) is 19.9. The molecule has 0 N–H and O–H groups in total. The number of hydrogen-bond donors (Lipinski definition) is 0. The fourth-order valence-corrected chi connectivity index (χ4v) is 6.84. The number of para-hydroxylation sites is 3. The second kappa shape index (κ2) is 8.08. The van der Waals surface area contributed by atoms with E-state index >= 15 is 0 Å². The highest BCUT2D eigenvalue weighted by Crippen LogP contribution is 2.44. The Bertz CT molecular complexity index is 2370. The Kier molecular flexibility index (Phi) is 4.36. The molecule has 40 heavy (non-hydrogen) atoms. The number of hydrogen-bond acceptors (Lipinski definition) is 0. The van der Waals surface area contributed by atoms with E-state index in [9.17, 15) is 0 Å². The molecule has 2 aromatic heterocycles. The van der Waals surface area contributed by atoms with Crippen molar-refractivity contribution in [2.24, 2.45) is 0 Å². The van der Waals surface area contributed by atoms with Gasteiger partial charge in [0.15, 0.2) is 0 Å². The third kappa shape index (κ3) is 2.82. The summed E-state index contributed by atoms with van der Waals surface area (Å²) < 4.78 is 4.91. The third-order valence-electron chi connectivity index (χ3n) is 8.45. The van der Waals surface area contributed by atoms with E-state index in [1.165, 1.54) is 76.5 Å². The molecule has 0 aliphatic heterocycles. The van der Waals surface area contributed by atoms with Crippen molar-refractivity contribution >= 4 is 65.2 Å². The van der Waals surface area contributed by atoms with Crippen LogP contribution >= 0.6 is 0 Å². The molecule has 0 saturated carbocycles. The van der Waals surface area contributed by atoms with Crippen molar-refractivity contribution in [2.75, 3.05) is 0 Å². The molecule has 0 aliphatic rings. The van der Waals surface area contributed by atoms with Crippen molar-refractivity contribution in [1.29, 1.82) is 0 Å². The Morgan fingerprint density at radius 1 is 0.325 bits per heavy atom. The van der Waals surface area contributed by atoms with Crippen molar-refractivity contribution < 1.29 is 0 Å². The summed E-state index contributed by atoms with van der Waals surface area (Å²) in [5, 5.41) is 10.2. The van der Waals surface area contributed by atoms with Crippen LogP contribution < -0.4 is 0 Å². The summed E-state index contributed by atoms with van der Waals surface area (Å²) in [6.45, 7) is 0. The van der Waals surface area contributed by atoms with Crippen LogP contribution in [0.4, 0.5) is 0 Å². The van der Waals surface area contributed by atoms with Crippen LogP contribution in [0, 0.1) is 0 Å². The minimum absolute atomic E-state index is 1.18. The quantitative estimate of drug-likeness (QED) is 0.206. The van der Waals surface area contributed by atoms with Gasteiger partial charge in [-0.25, -0.2) is 0 Å². The summed E-state index contributed by atoms with van der Waals surface area (Å²) in [6, 6.07) is 52.9. The predicted molar refractivity (Wildman–Crippen MR) is 170 cm³/mol. The van der Waals surface area contributed by atoms with Gasteiger partial charge in [0.25, 0.3) is 0 Å². The van der Waals surface area contributed by atoms with Crippen molar-refractivity contribution in [3.63, 3.8) is 0 Å². The molecule has 2 nitrogen and oxygen atoms in total. The lowest BCUT2D eigenvalue weighted by Crippen LogP contribution is -1.97. The zero-order chi connectivity index (χ0) is 26.2. The molecule has 0 aliphatic carbocycles. The van der Waals surface area contributed by atoms with Gasteiger partial charge in [-0.15, -0.1) is 0 Å². The summed E-state index contributed by atoms with van der Waals surface area (Å²) in [5.41, 5.74) is 7.33. The molecule has 0 atom stereocenters. The Morgan fingerprint density at radius 2 is 0.775 bits per heavy atom. The normalized spacial score (nSPS) is 12.0. The van der Waals surface area contributed by atoms with Crippen molar-refractivity contribution in [3.8, 4) is 11.4 Å². The number of nitrogens with zero attached hydrogens (tertiary/aromatic N) is 2. The Labute approximate surface area is 230 Å². The number of aromatic nitrogens is 2. The zero-order valence-electron chi connectivity index (χ0n) is 21.8. The van der Waals surface area contributed by atoms with Crippen LogP contribution in [0.5, 0.6) is 0 Å². The third-order valence-corrected chi connectivity index (χ3v) is 8.45. The Morgan fingerprint density at radius 3 is 1.38 bits per heavy atom. The maximum atomic E-state index is 2.50. The minimum Gasteiger partial charge on any atom is -0.309 e. The maximum Gasteiger partial charge on any atom is 0.0618 e. The number of benzene rings is 7. The van der Waals surface area contributed by atoms with Crippen LogP contribution in [0.2, 0.25) is 0 Å². The summed E-state index contributed by atoms with van der Waals surface area (Å²) in [4.78, 5) is 0. The van der Waals surface area contributed by atoms with E-state index in [2.05, 4.69) is 155 Å². The topological polar surface area (TPSA) is 9.86 Å². The molecule has 2 heterocycles. The molecule has 186 valence electrons. The lowest BCUT2D eigenvalue weighted by Gasteiger charge is -2.15. The molecule has 2 heteroatoms. The molecule has 0 fully saturated rings. The lowest BCUT2D eigenvalue weighted by atomic mass is 10.0. The smallest absolute Gasteiger partial charge is 0.0618 e. The molecule has 7 aromatic carbocycles. The highest BCUT2D eigenvalue weighted by atomic mass is 15.0. The SMILES string of the molecule is c1ccc(-n2c3ccccc3c3c4c5ccccc5n(-c5c6ccccc6cc6ccccc56)c4ccc32)cc1. The van der Waals surface area contributed by atoms with Crippen LogP contribution in [0.15, 0.2) is 146 Å². The second-order valence-corrected chi connectivity index (χ2v) is 10.6. The van der Waals surface area contributed by atoms with Crippen molar-refractivity contribution in [2.45, 2.75) is 0 Å². The van der Waals surface area contributed by atoms with Gasteiger partial charge in [0.2, 0.25) is 0 Å². The standard InChI is InChI=1S/C38H24N2/c1-2-14-27(15-3-1)39-32-20-10-8-18-30(32)36-34(39)22-23-35-37(36)31-19-9-11-21-33(31)40(35)38-28-16-6-4-12-25(28)24-26-13-5-7-17-29(26)38/h1-24H. The molecule has 0 spiro atoms. The van der Waals surface area contributed by atoms with Crippen molar-refractivity contribution in [1.82, 2.24) is 9.13 Å². The molecule has 9 aromatic rings. The second-order valence-electron chi connectivity index (χ2n) is 10.6. The van der Waals surface area contributed by atoms with Gasteiger partial charge in [0.05, 0.1) is 27.8 Å². The van der Waals surface area contributed by atoms with Gasteiger partial charge in [-0.3, -0.25) is 0 Å². The van der Waals surface area contributed by atoms with E-state index in [0.717, 1.165) is 0 Å². The van der Waals surface area contributed by atoms with Gasteiger partial charge in [-0.05, 0) is 53.2 Å². The highest BCUT2D eigenvalue weighted by Gasteiger charge is 2.21. The fraction of sp³-hybridized carbons (Fsp3) is 0. The van der Waals surface area contributed by atoms with Gasteiger partial charge in [0, 0.05) is 38.0 Å². The molecule has 0 saturated heterocycles. The fourth-order valence-electron chi connectivity index (χ4n) is 6.84. The average molecular weight is 509 g/mol. The van der Waals surface area contributed by atoms with Gasteiger partial charge in [0.1, 0.15) is 0 Å². The molecular formula is C38H24N2. The monoisotopic (exact) mass is 508 g/mol. The summed E-state index contributed by atoms with van der Waals surface area (Å²) in [7, 11) is 0. The zero-order valence-corrected chi connectivity index (χ0v) is 21.8. The highest BCUT2D eigenvalue weighted by molar-refractivity contribution is 6.29. The van der Waals surface area contributed by atoms with Crippen LogP contribution in [-0.2, 0) is 0 Å². The van der Waals surface area contributed by atoms with Crippen molar-refractivity contribution in [3.05, 3.63) is 146 Å². The maximum absolute atomic E-state index is 2.50. The van der Waals surface area contributed by atoms with Gasteiger partial charge in [-0.2, -0.15) is 0 Å². The van der Waals surface area contributed by atoms with E-state index in [1.807, 2.05) is 0 Å². The first-order valence-corrected chi connectivity index (χ1v) is 13.8. The summed E-state index contributed by atoms with van der Waals surface area (Å²) >= 11 is 0. The minimum atomic E-state index is 1.18. The van der Waals surface area contributed by atoms with E-state index < -0.39 is 0 Å². The first kappa shape index (κ1) is 21.6. The van der Waals surface area contributed by atoms with E-state index in [-0.39, 0.29) is 0 Å². The molecule has 0 radical (unpaired) electrons. The van der Waals surface area contributed by atoms with Crippen LogP contribution in [0.25, 0.3) is 76.5 Å². The Hall–Kier alpha value is -5.34. The molecule has 0 amide bonds. The van der Waals surface area contributed by atoms with E-state index in [4.69, 9.17) is 0 Å². The molecular weight excluding hydrogens is 484 g/mol. The summed E-state index contributed by atoms with van der Waals surface area (Å²) in [5.74, 6) is 0. The van der Waals surface area contributed by atoms with Gasteiger partial charge < -0.3 is 9.13 Å². The first-order valence-electron chi connectivity index (χ1n) is 13.8. The lowest BCUT2D eigenvalue weighted by molar-refractivity contribution is 1.18. The Balaban J connectivity index is 1.54. The van der Waals surface area contributed by atoms with E-state index in [1.54, 1.807) is 0 Å². The van der Waals surface area contributed by atoms with Gasteiger partial charge >= 0.3 is 0 Å². The molecule has 9 rings (SSSR count).